The van der Waals surface area contributed by atoms with Crippen LogP contribution in [0.5, 0.6) is 0 Å². The minimum absolute atomic E-state index is 0.00132. The highest BCUT2D eigenvalue weighted by atomic mass is 32.1. The van der Waals surface area contributed by atoms with Gasteiger partial charge in [-0.2, -0.15) is 0 Å². The van der Waals surface area contributed by atoms with Crippen molar-refractivity contribution in [3.8, 4) is 0 Å². The van der Waals surface area contributed by atoms with Crippen molar-refractivity contribution in [2.24, 2.45) is 11.7 Å². The first-order valence-electron chi connectivity index (χ1n) is 6.67. The molecule has 0 spiro atoms. The molecule has 6 heteroatoms. The maximum Gasteiger partial charge on any atom is 0.267 e. The molecule has 0 unspecified atom stereocenters. The molecule has 0 aliphatic heterocycles. The number of carbonyl (C=O) groups is 2. The number of nitrogens with zero attached hydrogens (tertiary/aromatic N) is 1. The Hall–Kier alpha value is -2.21. The molecule has 108 valence electrons. The minimum atomic E-state index is -0.580. The topological polar surface area (TPSA) is 85.1 Å². The van der Waals surface area contributed by atoms with E-state index in [0.29, 0.717) is 11.6 Å². The number of amides is 2. The van der Waals surface area contributed by atoms with Crippen LogP contribution in [0.25, 0.3) is 0 Å². The van der Waals surface area contributed by atoms with Crippen LogP contribution in [0, 0.1) is 12.8 Å². The molecule has 1 aliphatic carbocycles. The molecule has 2 aromatic rings. The van der Waals surface area contributed by atoms with Gasteiger partial charge in [0, 0.05) is 16.7 Å². The Morgan fingerprint density at radius 2 is 2.19 bits per heavy atom. The van der Waals surface area contributed by atoms with Crippen LogP contribution in [0.4, 0.5) is 5.69 Å². The lowest BCUT2D eigenvalue weighted by molar-refractivity contribution is -0.117. The lowest BCUT2D eigenvalue weighted by Crippen LogP contribution is -2.16. The van der Waals surface area contributed by atoms with Crippen LogP contribution < -0.4 is 11.1 Å². The van der Waals surface area contributed by atoms with Crippen LogP contribution >= 0.6 is 11.3 Å². The van der Waals surface area contributed by atoms with Crippen molar-refractivity contribution >= 4 is 28.8 Å². The van der Waals surface area contributed by atoms with E-state index in [0.717, 1.165) is 6.42 Å². The molecule has 1 fully saturated rings. The Bertz CT molecular complexity index is 693. The number of nitrogens with one attached hydrogen (secondary N) is 1. The number of hydrogen-bond acceptors (Lipinski definition) is 4. The van der Waals surface area contributed by atoms with E-state index >= 15 is 0 Å². The van der Waals surface area contributed by atoms with E-state index in [4.69, 9.17) is 5.73 Å². The monoisotopic (exact) mass is 301 g/mol. The summed E-state index contributed by atoms with van der Waals surface area (Å²) in [6, 6.07) is 5.23. The summed E-state index contributed by atoms with van der Waals surface area (Å²) in [6.45, 7) is 2.07. The first-order chi connectivity index (χ1) is 10.1. The summed E-state index contributed by atoms with van der Waals surface area (Å²) in [5.74, 6) is -0.217. The number of anilines is 1. The summed E-state index contributed by atoms with van der Waals surface area (Å²) in [5.41, 5.74) is 7.15. The Balaban J connectivity index is 1.63. The van der Waals surface area contributed by atoms with Gasteiger partial charge in [0.25, 0.3) is 5.91 Å². The van der Waals surface area contributed by atoms with Gasteiger partial charge in [0.15, 0.2) is 0 Å². The highest BCUT2D eigenvalue weighted by molar-refractivity contribution is 7.10. The average Bonchev–Trinajstić information content (AvgIpc) is 3.14. The summed E-state index contributed by atoms with van der Waals surface area (Å²) < 4.78 is 0. The van der Waals surface area contributed by atoms with Crippen molar-refractivity contribution in [3.05, 3.63) is 45.9 Å². The van der Waals surface area contributed by atoms with Gasteiger partial charge in [-0.3, -0.25) is 9.59 Å². The number of rotatable bonds is 4. The van der Waals surface area contributed by atoms with Gasteiger partial charge in [0.1, 0.15) is 5.69 Å². The van der Waals surface area contributed by atoms with Gasteiger partial charge in [-0.15, -0.1) is 11.3 Å². The second kappa shape index (κ2) is 5.29. The third-order valence-electron chi connectivity index (χ3n) is 3.65. The molecule has 0 saturated heterocycles. The number of hydrogen-bond donors (Lipinski definition) is 2. The van der Waals surface area contributed by atoms with Gasteiger partial charge in [-0.05, 0) is 42.5 Å². The molecular weight excluding hydrogens is 286 g/mol. The lowest BCUT2D eigenvalue weighted by Gasteiger charge is -2.05. The van der Waals surface area contributed by atoms with Gasteiger partial charge in [-0.1, -0.05) is 0 Å². The number of nitrogens with two attached hydrogens (primary N) is 1. The summed E-state index contributed by atoms with van der Waals surface area (Å²) in [7, 11) is 0. The highest BCUT2D eigenvalue weighted by Crippen LogP contribution is 2.50. The molecule has 1 aliphatic rings. The molecule has 2 atom stereocenters. The van der Waals surface area contributed by atoms with Crippen LogP contribution in [0.1, 0.15) is 33.3 Å². The van der Waals surface area contributed by atoms with Crippen LogP contribution in [-0.2, 0) is 4.79 Å². The predicted molar refractivity (Wildman–Crippen MR) is 81.3 cm³/mol. The lowest BCUT2D eigenvalue weighted by atomic mass is 10.2. The second-order valence-corrected chi connectivity index (χ2v) is 6.15. The fourth-order valence-electron chi connectivity index (χ4n) is 2.39. The zero-order valence-electron chi connectivity index (χ0n) is 11.5. The largest absolute Gasteiger partial charge is 0.364 e. The van der Waals surface area contributed by atoms with E-state index in [-0.39, 0.29) is 17.5 Å². The van der Waals surface area contributed by atoms with E-state index in [1.165, 1.54) is 22.7 Å². The van der Waals surface area contributed by atoms with Crippen LogP contribution in [0.3, 0.4) is 0 Å². The Morgan fingerprint density at radius 1 is 1.38 bits per heavy atom. The number of aryl methyl sites for hydroxylation is 1. The normalized spacial score (nSPS) is 20.0. The smallest absolute Gasteiger partial charge is 0.267 e. The fourth-order valence-corrected chi connectivity index (χ4v) is 3.50. The Kier molecular flexibility index (Phi) is 3.47. The number of aromatic nitrogens is 1. The van der Waals surface area contributed by atoms with Gasteiger partial charge in [-0.25, -0.2) is 4.98 Å². The summed E-state index contributed by atoms with van der Waals surface area (Å²) in [6.07, 6.45) is 2.34. The van der Waals surface area contributed by atoms with E-state index < -0.39 is 5.91 Å². The average molecular weight is 301 g/mol. The van der Waals surface area contributed by atoms with Gasteiger partial charge in [0.05, 0.1) is 11.9 Å². The maximum absolute atomic E-state index is 12.2. The molecule has 5 nitrogen and oxygen atoms in total. The Labute approximate surface area is 126 Å². The zero-order valence-corrected chi connectivity index (χ0v) is 12.3. The molecule has 2 aromatic heterocycles. The van der Waals surface area contributed by atoms with E-state index in [2.05, 4.69) is 28.7 Å². The van der Waals surface area contributed by atoms with E-state index in [9.17, 15) is 9.59 Å². The highest BCUT2D eigenvalue weighted by Gasteiger charge is 2.45. The molecule has 1 saturated carbocycles. The third kappa shape index (κ3) is 2.80. The molecular formula is C15H15N3O2S. The van der Waals surface area contributed by atoms with Gasteiger partial charge >= 0.3 is 0 Å². The summed E-state index contributed by atoms with van der Waals surface area (Å²) >= 11 is 1.71. The SMILES string of the molecule is Cc1ccsc1[C@H]1C[C@H]1C(=O)Nc1ccc(C(N)=O)nc1. The van der Waals surface area contributed by atoms with Gasteiger partial charge < -0.3 is 11.1 Å². The van der Waals surface area contributed by atoms with Gasteiger partial charge in [0.2, 0.25) is 5.91 Å². The molecule has 0 bridgehead atoms. The second-order valence-electron chi connectivity index (χ2n) is 5.20. The predicted octanol–water partition coefficient (Wildman–Crippen LogP) is 2.29. The summed E-state index contributed by atoms with van der Waals surface area (Å²) in [4.78, 5) is 28.3. The zero-order chi connectivity index (χ0) is 15.0. The summed E-state index contributed by atoms with van der Waals surface area (Å²) in [5, 5.41) is 4.89. The van der Waals surface area contributed by atoms with Crippen molar-refractivity contribution in [3.63, 3.8) is 0 Å². The molecule has 0 aromatic carbocycles. The first kappa shape index (κ1) is 13.8. The quantitative estimate of drug-likeness (QED) is 0.908. The van der Waals surface area contributed by atoms with Crippen molar-refractivity contribution in [2.45, 2.75) is 19.3 Å². The molecule has 2 heterocycles. The first-order valence-corrected chi connectivity index (χ1v) is 7.55. The van der Waals surface area contributed by atoms with Crippen LogP contribution in [0.2, 0.25) is 0 Å². The number of pyridine rings is 1. The third-order valence-corrected chi connectivity index (χ3v) is 4.80. The van der Waals surface area contributed by atoms with Crippen molar-refractivity contribution < 1.29 is 9.59 Å². The number of thiophene rings is 1. The standard InChI is InChI=1S/C15H15N3O2S/c1-8-4-5-21-13(8)10-6-11(10)15(20)18-9-2-3-12(14(16)19)17-7-9/h2-5,7,10-11H,6H2,1H3,(H2,16,19)(H,18,20)/t10-,11+/m0/s1. The number of primary amides is 1. The Morgan fingerprint density at radius 3 is 2.76 bits per heavy atom. The van der Waals surface area contributed by atoms with Crippen LogP contribution in [-0.4, -0.2) is 16.8 Å². The maximum atomic E-state index is 12.2. The van der Waals surface area contributed by atoms with Crippen LogP contribution in [0.15, 0.2) is 29.8 Å². The minimum Gasteiger partial charge on any atom is -0.364 e. The van der Waals surface area contributed by atoms with Crippen molar-refractivity contribution in [1.82, 2.24) is 4.98 Å². The van der Waals surface area contributed by atoms with Crippen molar-refractivity contribution in [2.75, 3.05) is 5.32 Å². The molecule has 21 heavy (non-hydrogen) atoms. The van der Waals surface area contributed by atoms with Crippen molar-refractivity contribution in [1.29, 1.82) is 0 Å². The van der Waals surface area contributed by atoms with E-state index in [1.807, 2.05) is 0 Å². The fraction of sp³-hybridized carbons (Fsp3) is 0.267. The molecule has 3 N–H and O–H groups in total. The van der Waals surface area contributed by atoms with E-state index in [1.54, 1.807) is 17.4 Å². The molecule has 3 rings (SSSR count). The molecule has 2 amide bonds. The molecule has 0 radical (unpaired) electrons. The number of carbonyl (C=O) groups excluding carboxylic acids is 2.